The summed E-state index contributed by atoms with van der Waals surface area (Å²) in [5.41, 5.74) is -1.89. The molecule has 9 heteroatoms. The van der Waals surface area contributed by atoms with Gasteiger partial charge in [0, 0.05) is 16.1 Å². The molecule has 0 saturated carbocycles. The first-order chi connectivity index (χ1) is 12.2. The highest BCUT2D eigenvalue weighted by atomic mass is 35.5. The molecule has 26 heavy (non-hydrogen) atoms. The molecule has 1 heterocycles. The number of ether oxygens (including phenoxy) is 1. The molecule has 1 atom stereocenters. The van der Waals surface area contributed by atoms with E-state index in [1.165, 1.54) is 36.4 Å². The Morgan fingerprint density at radius 3 is 2.38 bits per heavy atom. The van der Waals surface area contributed by atoms with Crippen LogP contribution in [0.3, 0.4) is 0 Å². The number of aliphatic hydroxyl groups is 1. The third kappa shape index (κ3) is 3.25. The van der Waals surface area contributed by atoms with Crippen LogP contribution in [0.4, 0.5) is 14.5 Å². The summed E-state index contributed by atoms with van der Waals surface area (Å²) in [6, 6.07) is 7.77. The predicted octanol–water partition coefficient (Wildman–Crippen LogP) is 4.01. The van der Waals surface area contributed by atoms with Crippen LogP contribution >= 0.6 is 23.2 Å². The van der Waals surface area contributed by atoms with E-state index in [-0.39, 0.29) is 32.6 Å². The molecule has 0 radical (unpaired) electrons. The molecule has 0 aliphatic carbocycles. The van der Waals surface area contributed by atoms with E-state index in [0.717, 1.165) is 0 Å². The minimum Gasteiger partial charge on any atom is -0.435 e. The number of fused-ring (bicyclic) bond motifs is 1. The molecule has 0 aromatic heterocycles. The van der Waals surface area contributed by atoms with Crippen molar-refractivity contribution in [3.8, 4) is 5.75 Å². The molecular formula is C17H11Cl2F2NO4. The van der Waals surface area contributed by atoms with Crippen LogP contribution in [0, 0.1) is 0 Å². The van der Waals surface area contributed by atoms with Gasteiger partial charge in [-0.2, -0.15) is 8.78 Å². The molecule has 2 aromatic rings. The monoisotopic (exact) mass is 401 g/mol. The Morgan fingerprint density at radius 2 is 1.77 bits per heavy atom. The van der Waals surface area contributed by atoms with E-state index < -0.39 is 30.3 Å². The van der Waals surface area contributed by atoms with Crippen LogP contribution in [0.1, 0.15) is 22.3 Å². The highest BCUT2D eigenvalue weighted by Crippen LogP contribution is 2.46. The average Bonchev–Trinajstić information content (AvgIpc) is 2.83. The van der Waals surface area contributed by atoms with Gasteiger partial charge < -0.3 is 15.2 Å². The smallest absolute Gasteiger partial charge is 0.387 e. The quantitative estimate of drug-likeness (QED) is 0.742. The molecule has 2 N–H and O–H groups in total. The number of ketones is 1. The van der Waals surface area contributed by atoms with E-state index in [1.54, 1.807) is 0 Å². The zero-order chi connectivity index (χ0) is 19.1. The second kappa shape index (κ2) is 6.83. The Kier molecular flexibility index (Phi) is 4.88. The third-order valence-electron chi connectivity index (χ3n) is 3.95. The van der Waals surface area contributed by atoms with Crippen LogP contribution in [0.5, 0.6) is 5.75 Å². The van der Waals surface area contributed by atoms with Crippen molar-refractivity contribution in [1.82, 2.24) is 0 Å². The largest absolute Gasteiger partial charge is 0.435 e. The van der Waals surface area contributed by atoms with Crippen molar-refractivity contribution in [3.63, 3.8) is 0 Å². The van der Waals surface area contributed by atoms with Crippen LogP contribution < -0.4 is 10.1 Å². The van der Waals surface area contributed by atoms with Crippen LogP contribution in [0.25, 0.3) is 0 Å². The molecule has 0 saturated heterocycles. The molecule has 0 fully saturated rings. The summed E-state index contributed by atoms with van der Waals surface area (Å²) >= 11 is 12.1. The van der Waals surface area contributed by atoms with Crippen LogP contribution in [0.2, 0.25) is 10.0 Å². The lowest BCUT2D eigenvalue weighted by molar-refractivity contribution is -0.133. The van der Waals surface area contributed by atoms with Crippen molar-refractivity contribution in [1.29, 1.82) is 0 Å². The average molecular weight is 402 g/mol. The second-order valence-corrected chi connectivity index (χ2v) is 6.41. The van der Waals surface area contributed by atoms with Crippen LogP contribution in [0.15, 0.2) is 36.4 Å². The van der Waals surface area contributed by atoms with Gasteiger partial charge in [0.1, 0.15) is 5.75 Å². The molecule has 3 rings (SSSR count). The Balaban J connectivity index is 1.88. The predicted molar refractivity (Wildman–Crippen MR) is 91.0 cm³/mol. The van der Waals surface area contributed by atoms with Gasteiger partial charge in [-0.25, -0.2) is 0 Å². The van der Waals surface area contributed by atoms with Crippen molar-refractivity contribution in [2.75, 3.05) is 5.32 Å². The van der Waals surface area contributed by atoms with Crippen LogP contribution in [-0.2, 0) is 10.4 Å². The third-order valence-corrected chi connectivity index (χ3v) is 4.58. The van der Waals surface area contributed by atoms with Crippen molar-refractivity contribution < 1.29 is 28.2 Å². The number of hydrogen-bond donors (Lipinski definition) is 2. The summed E-state index contributed by atoms with van der Waals surface area (Å²) in [5, 5.41) is 13.5. The van der Waals surface area contributed by atoms with Gasteiger partial charge in [0.25, 0.3) is 5.91 Å². The number of carbonyl (C=O) groups is 2. The van der Waals surface area contributed by atoms with E-state index in [4.69, 9.17) is 23.2 Å². The highest BCUT2D eigenvalue weighted by Gasteiger charge is 2.49. The summed E-state index contributed by atoms with van der Waals surface area (Å²) in [6.45, 7) is -2.98. The standard InChI is InChI=1S/C17H11Cl2F2NO4/c18-10-5-6-11(19)14-13(10)17(25,15(24)22-14)7-12(23)8-1-3-9(4-2-8)26-16(20)21/h1-6,16,25H,7H2,(H,22,24). The van der Waals surface area contributed by atoms with Gasteiger partial charge in [-0.15, -0.1) is 0 Å². The van der Waals surface area contributed by atoms with Gasteiger partial charge in [-0.1, -0.05) is 23.2 Å². The van der Waals surface area contributed by atoms with Gasteiger partial charge in [-0.05, 0) is 36.4 Å². The van der Waals surface area contributed by atoms with E-state index in [0.29, 0.717) is 0 Å². The lowest BCUT2D eigenvalue weighted by Gasteiger charge is -2.21. The molecule has 5 nitrogen and oxygen atoms in total. The fourth-order valence-corrected chi connectivity index (χ4v) is 3.25. The molecule has 136 valence electrons. The molecule has 1 aliphatic heterocycles. The minimum absolute atomic E-state index is 0.0303. The normalized spacial score (nSPS) is 18.6. The molecule has 0 spiro atoms. The second-order valence-electron chi connectivity index (χ2n) is 5.60. The maximum atomic E-state index is 12.5. The van der Waals surface area contributed by atoms with Crippen molar-refractivity contribution in [3.05, 3.63) is 57.6 Å². The Morgan fingerprint density at radius 1 is 1.15 bits per heavy atom. The summed E-state index contributed by atoms with van der Waals surface area (Å²) in [4.78, 5) is 24.8. The maximum absolute atomic E-state index is 12.5. The van der Waals surface area contributed by atoms with Crippen molar-refractivity contribution in [2.24, 2.45) is 0 Å². The molecule has 0 bridgehead atoms. The van der Waals surface area contributed by atoms with E-state index >= 15 is 0 Å². The first-order valence-electron chi connectivity index (χ1n) is 7.33. The van der Waals surface area contributed by atoms with Gasteiger partial charge in [0.15, 0.2) is 11.4 Å². The fraction of sp³-hybridized carbons (Fsp3) is 0.176. The van der Waals surface area contributed by atoms with Crippen molar-refractivity contribution in [2.45, 2.75) is 18.6 Å². The van der Waals surface area contributed by atoms with Gasteiger partial charge in [0.05, 0.1) is 17.1 Å². The minimum atomic E-state index is -2.98. The summed E-state index contributed by atoms with van der Waals surface area (Å²) in [6.07, 6.45) is -0.596. The molecule has 1 unspecified atom stereocenters. The number of anilines is 1. The maximum Gasteiger partial charge on any atom is 0.387 e. The number of hydrogen-bond acceptors (Lipinski definition) is 4. The number of benzene rings is 2. The highest BCUT2D eigenvalue weighted by molar-refractivity contribution is 6.38. The summed E-state index contributed by atoms with van der Waals surface area (Å²) in [7, 11) is 0. The number of carbonyl (C=O) groups excluding carboxylic acids is 2. The lowest BCUT2D eigenvalue weighted by atomic mass is 9.88. The number of rotatable bonds is 5. The number of nitrogens with one attached hydrogen (secondary N) is 1. The molecule has 1 amide bonds. The number of halogens is 4. The first kappa shape index (κ1) is 18.6. The van der Waals surface area contributed by atoms with E-state index in [9.17, 15) is 23.5 Å². The van der Waals surface area contributed by atoms with E-state index in [1.807, 2.05) is 0 Å². The number of Topliss-reactive ketones (excluding diaryl/α,β-unsaturated/α-hetero) is 1. The lowest BCUT2D eigenvalue weighted by Crippen LogP contribution is -2.36. The van der Waals surface area contributed by atoms with E-state index in [2.05, 4.69) is 10.1 Å². The SMILES string of the molecule is O=C(CC1(O)C(=O)Nc2c(Cl)ccc(Cl)c21)c1ccc(OC(F)F)cc1. The summed E-state index contributed by atoms with van der Waals surface area (Å²) in [5.74, 6) is -1.53. The number of alkyl halides is 2. The fourth-order valence-electron chi connectivity index (χ4n) is 2.73. The van der Waals surface area contributed by atoms with Crippen LogP contribution in [-0.4, -0.2) is 23.4 Å². The first-order valence-corrected chi connectivity index (χ1v) is 8.08. The van der Waals surface area contributed by atoms with Crippen molar-refractivity contribution >= 4 is 40.6 Å². The Labute approximate surface area is 156 Å². The Bertz CT molecular complexity index is 889. The molecular weight excluding hydrogens is 391 g/mol. The zero-order valence-corrected chi connectivity index (χ0v) is 14.4. The molecule has 2 aromatic carbocycles. The summed E-state index contributed by atoms with van der Waals surface area (Å²) < 4.78 is 28.5. The zero-order valence-electron chi connectivity index (χ0n) is 12.9. The Hall–Kier alpha value is -2.22. The number of amides is 1. The van der Waals surface area contributed by atoms with Gasteiger partial charge in [-0.3, -0.25) is 9.59 Å². The molecule has 1 aliphatic rings. The van der Waals surface area contributed by atoms with Gasteiger partial charge in [0.2, 0.25) is 0 Å². The topological polar surface area (TPSA) is 75.6 Å². The van der Waals surface area contributed by atoms with Gasteiger partial charge >= 0.3 is 6.61 Å².